The Morgan fingerprint density at radius 1 is 1.05 bits per heavy atom. The van der Waals surface area contributed by atoms with Gasteiger partial charge < -0.3 is 0 Å². The zero-order valence-corrected chi connectivity index (χ0v) is 13.3. The van der Waals surface area contributed by atoms with E-state index in [0.717, 1.165) is 11.1 Å². The highest BCUT2D eigenvalue weighted by Gasteiger charge is 2.16. The molecule has 1 aromatic heterocycles. The van der Waals surface area contributed by atoms with E-state index in [1.807, 2.05) is 36.4 Å². The molecule has 2 aromatic rings. The maximum atomic E-state index is 11.9. The lowest BCUT2D eigenvalue weighted by molar-refractivity contribution is 0.413. The van der Waals surface area contributed by atoms with Gasteiger partial charge in [0, 0.05) is 30.5 Å². The van der Waals surface area contributed by atoms with E-state index < -0.39 is 10.0 Å². The second-order valence-corrected chi connectivity index (χ2v) is 7.25. The van der Waals surface area contributed by atoms with Gasteiger partial charge in [0.15, 0.2) is 0 Å². The fraction of sp³-hybridized carbons (Fsp3) is 0.267. The average molecular weight is 325 g/mol. The van der Waals surface area contributed by atoms with Gasteiger partial charge in [0.05, 0.1) is 6.26 Å². The van der Waals surface area contributed by atoms with Crippen molar-refractivity contribution in [2.45, 2.75) is 13.0 Å². The van der Waals surface area contributed by atoms with Crippen molar-refractivity contribution < 1.29 is 8.42 Å². The zero-order chi connectivity index (χ0) is 15.3. The third kappa shape index (κ3) is 5.12. The highest BCUT2D eigenvalue weighted by molar-refractivity contribution is 7.88. The number of pyridine rings is 1. The van der Waals surface area contributed by atoms with E-state index >= 15 is 0 Å². The molecule has 0 saturated heterocycles. The first-order valence-corrected chi connectivity index (χ1v) is 8.76. The Morgan fingerprint density at radius 3 is 2.24 bits per heavy atom. The molecule has 0 bridgehead atoms. The second kappa shape index (κ2) is 7.02. The largest absolute Gasteiger partial charge is 0.265 e. The van der Waals surface area contributed by atoms with Crippen LogP contribution in [0, 0.1) is 0 Å². The molecule has 0 aliphatic rings. The van der Waals surface area contributed by atoms with Crippen LogP contribution in [0.2, 0.25) is 5.02 Å². The fourth-order valence-corrected chi connectivity index (χ4v) is 2.89. The minimum absolute atomic E-state index is 0.356. The number of aromatic nitrogens is 1. The van der Waals surface area contributed by atoms with Crippen molar-refractivity contribution in [2.75, 3.05) is 12.8 Å². The molecular formula is C15H17ClN2O2S. The van der Waals surface area contributed by atoms with Crippen LogP contribution >= 0.6 is 11.6 Å². The highest BCUT2D eigenvalue weighted by Crippen LogP contribution is 2.13. The number of rotatable bonds is 6. The molecule has 2 rings (SSSR count). The molecule has 4 nitrogen and oxygen atoms in total. The summed E-state index contributed by atoms with van der Waals surface area (Å²) in [6.07, 6.45) is 5.20. The van der Waals surface area contributed by atoms with Crippen molar-refractivity contribution >= 4 is 21.6 Å². The molecule has 0 fully saturated rings. The van der Waals surface area contributed by atoms with Gasteiger partial charge in [-0.05, 0) is 41.8 Å². The van der Waals surface area contributed by atoms with Crippen LogP contribution in [-0.2, 0) is 23.0 Å². The summed E-state index contributed by atoms with van der Waals surface area (Å²) < 4.78 is 25.3. The van der Waals surface area contributed by atoms with Crippen molar-refractivity contribution in [1.82, 2.24) is 9.29 Å². The van der Waals surface area contributed by atoms with Gasteiger partial charge in [-0.2, -0.15) is 4.31 Å². The monoisotopic (exact) mass is 324 g/mol. The summed E-state index contributed by atoms with van der Waals surface area (Å²) in [5, 5.41) is 0.676. The number of halogens is 1. The van der Waals surface area contributed by atoms with Crippen molar-refractivity contribution in [2.24, 2.45) is 0 Å². The predicted molar refractivity (Wildman–Crippen MR) is 84.6 cm³/mol. The average Bonchev–Trinajstić information content (AvgIpc) is 2.45. The van der Waals surface area contributed by atoms with Gasteiger partial charge in [-0.15, -0.1) is 0 Å². The topological polar surface area (TPSA) is 50.3 Å². The molecule has 0 spiro atoms. The predicted octanol–water partition coefficient (Wildman–Crippen LogP) is 2.74. The molecule has 0 aliphatic heterocycles. The van der Waals surface area contributed by atoms with Crippen molar-refractivity contribution in [1.29, 1.82) is 0 Å². The normalized spacial score (nSPS) is 11.8. The van der Waals surface area contributed by atoms with E-state index in [1.165, 1.54) is 10.6 Å². The van der Waals surface area contributed by atoms with Gasteiger partial charge >= 0.3 is 0 Å². The Bertz CT molecular complexity index is 673. The minimum Gasteiger partial charge on any atom is -0.265 e. The molecule has 0 N–H and O–H groups in total. The lowest BCUT2D eigenvalue weighted by atomic mass is 10.1. The molecule has 6 heteroatoms. The van der Waals surface area contributed by atoms with E-state index in [0.29, 0.717) is 24.5 Å². The molecule has 1 aromatic carbocycles. The summed E-state index contributed by atoms with van der Waals surface area (Å²) in [5.41, 5.74) is 1.98. The van der Waals surface area contributed by atoms with Crippen LogP contribution in [0.1, 0.15) is 11.1 Å². The first-order valence-electron chi connectivity index (χ1n) is 6.53. The Hall–Kier alpha value is -1.43. The molecule has 0 radical (unpaired) electrons. The van der Waals surface area contributed by atoms with Gasteiger partial charge in [0.2, 0.25) is 10.0 Å². The van der Waals surface area contributed by atoms with Crippen LogP contribution in [0.4, 0.5) is 0 Å². The summed E-state index contributed by atoms with van der Waals surface area (Å²) in [4.78, 5) is 3.94. The Kier molecular flexibility index (Phi) is 5.33. The molecule has 1 heterocycles. The van der Waals surface area contributed by atoms with E-state index in [1.54, 1.807) is 12.4 Å². The third-order valence-corrected chi connectivity index (χ3v) is 4.64. The molecule has 112 valence electrons. The third-order valence-electron chi connectivity index (χ3n) is 3.14. The molecule has 0 saturated carbocycles. The van der Waals surface area contributed by atoms with Crippen molar-refractivity contribution in [3.05, 3.63) is 64.9 Å². The number of hydrogen-bond acceptors (Lipinski definition) is 3. The Balaban J connectivity index is 2.05. The molecule has 0 aliphatic carbocycles. The number of hydrogen-bond donors (Lipinski definition) is 0. The van der Waals surface area contributed by atoms with Crippen LogP contribution in [0.5, 0.6) is 0 Å². The molecule has 0 unspecified atom stereocenters. The maximum Gasteiger partial charge on any atom is 0.211 e. The summed E-state index contributed by atoms with van der Waals surface area (Å²) in [6.45, 7) is 0.789. The van der Waals surface area contributed by atoms with Crippen LogP contribution < -0.4 is 0 Å². The van der Waals surface area contributed by atoms with E-state index in [4.69, 9.17) is 11.6 Å². The van der Waals surface area contributed by atoms with Crippen molar-refractivity contribution in [3.63, 3.8) is 0 Å². The number of nitrogens with zero attached hydrogens (tertiary/aromatic N) is 2. The first-order chi connectivity index (χ1) is 9.95. The van der Waals surface area contributed by atoms with Crippen LogP contribution in [0.25, 0.3) is 0 Å². The van der Waals surface area contributed by atoms with Gasteiger partial charge in [-0.25, -0.2) is 8.42 Å². The summed E-state index contributed by atoms with van der Waals surface area (Å²) in [7, 11) is -3.25. The quantitative estimate of drug-likeness (QED) is 0.821. The molecule has 0 amide bonds. The number of sulfonamides is 1. The first kappa shape index (κ1) is 15.9. The van der Waals surface area contributed by atoms with Crippen LogP contribution in [-0.4, -0.2) is 30.5 Å². The van der Waals surface area contributed by atoms with E-state index in [9.17, 15) is 8.42 Å². The molecule has 21 heavy (non-hydrogen) atoms. The van der Waals surface area contributed by atoms with E-state index in [-0.39, 0.29) is 0 Å². The van der Waals surface area contributed by atoms with Gasteiger partial charge in [0.25, 0.3) is 0 Å². The fourth-order valence-electron chi connectivity index (χ4n) is 1.96. The maximum absolute atomic E-state index is 11.9. The summed E-state index contributed by atoms with van der Waals surface area (Å²) >= 11 is 5.84. The summed E-state index contributed by atoms with van der Waals surface area (Å²) in [5.74, 6) is 0. The number of benzene rings is 1. The summed E-state index contributed by atoms with van der Waals surface area (Å²) in [6, 6.07) is 11.1. The molecule has 0 atom stereocenters. The second-order valence-electron chi connectivity index (χ2n) is 4.83. The van der Waals surface area contributed by atoms with E-state index in [2.05, 4.69) is 4.98 Å². The smallest absolute Gasteiger partial charge is 0.211 e. The minimum atomic E-state index is -3.25. The Labute approximate surface area is 130 Å². The van der Waals surface area contributed by atoms with Gasteiger partial charge in [-0.1, -0.05) is 23.7 Å². The lowest BCUT2D eigenvalue weighted by Gasteiger charge is -2.20. The van der Waals surface area contributed by atoms with Crippen molar-refractivity contribution in [3.8, 4) is 0 Å². The lowest BCUT2D eigenvalue weighted by Crippen LogP contribution is -2.31. The zero-order valence-electron chi connectivity index (χ0n) is 11.7. The Morgan fingerprint density at radius 2 is 1.67 bits per heavy atom. The van der Waals surface area contributed by atoms with Crippen LogP contribution in [0.3, 0.4) is 0 Å². The highest BCUT2D eigenvalue weighted by atomic mass is 35.5. The van der Waals surface area contributed by atoms with Gasteiger partial charge in [0.1, 0.15) is 0 Å². The SMILES string of the molecule is CS(=O)(=O)N(CCc1ccc(Cl)cc1)Cc1ccncc1. The standard InChI is InChI=1S/C15H17ClN2O2S/c1-21(19,20)18(12-14-6-9-17-10-7-14)11-8-13-2-4-15(16)5-3-13/h2-7,9-10H,8,11-12H2,1H3. The van der Waals surface area contributed by atoms with Gasteiger partial charge in [-0.3, -0.25) is 4.98 Å². The molecular weight excluding hydrogens is 308 g/mol. The van der Waals surface area contributed by atoms with Crippen LogP contribution in [0.15, 0.2) is 48.8 Å².